The summed E-state index contributed by atoms with van der Waals surface area (Å²) in [6.07, 6.45) is 1.97. The average Bonchev–Trinajstić information content (AvgIpc) is 2.29. The van der Waals surface area contributed by atoms with Crippen LogP contribution in [0.15, 0.2) is 12.3 Å². The minimum absolute atomic E-state index is 0.429. The van der Waals surface area contributed by atoms with E-state index in [1.165, 1.54) is 0 Å². The maximum atomic E-state index is 6.09. The molecule has 0 saturated heterocycles. The quantitative estimate of drug-likeness (QED) is 0.721. The third-order valence-electron chi connectivity index (χ3n) is 2.18. The molecule has 0 radical (unpaired) electrons. The first-order valence-electron chi connectivity index (χ1n) is 4.91. The zero-order valence-electron chi connectivity index (χ0n) is 9.70. The Morgan fingerprint density at radius 1 is 1.31 bits per heavy atom. The van der Waals surface area contributed by atoms with Gasteiger partial charge in [0.05, 0.1) is 17.3 Å². The van der Waals surface area contributed by atoms with E-state index in [4.69, 9.17) is 25.8 Å². The molecule has 0 saturated carbocycles. The van der Waals surface area contributed by atoms with Crippen LogP contribution in [0.25, 0.3) is 0 Å². The van der Waals surface area contributed by atoms with Crippen LogP contribution in [0.1, 0.15) is 17.5 Å². The minimum atomic E-state index is -0.429. The summed E-state index contributed by atoms with van der Waals surface area (Å²) < 4.78 is 15.2. The molecule has 1 rings (SSSR count). The molecule has 1 aromatic rings. The fourth-order valence-electron chi connectivity index (χ4n) is 1.36. The zero-order chi connectivity index (χ0) is 12.0. The second kappa shape index (κ2) is 6.81. The van der Waals surface area contributed by atoms with Crippen molar-refractivity contribution in [2.24, 2.45) is 0 Å². The number of rotatable bonds is 6. The topological polar surface area (TPSA) is 40.6 Å². The highest BCUT2D eigenvalue weighted by atomic mass is 35.5. The first kappa shape index (κ1) is 13.4. The number of nitrogens with zero attached hydrogens (tertiary/aromatic N) is 1. The first-order valence-corrected chi connectivity index (χ1v) is 5.29. The van der Waals surface area contributed by atoms with Gasteiger partial charge in [0.1, 0.15) is 0 Å². The molecule has 0 amide bonds. The van der Waals surface area contributed by atoms with Crippen molar-refractivity contribution < 1.29 is 14.2 Å². The maximum absolute atomic E-state index is 6.09. The standard InChI is InChI=1S/C11H16ClNO3/c1-14-5-4-10-9(12)6-8(7-13-10)11(15-2)16-3/h6-7,11H,4-5H2,1-3H3. The Morgan fingerprint density at radius 2 is 2.00 bits per heavy atom. The summed E-state index contributed by atoms with van der Waals surface area (Å²) in [5.74, 6) is 0. The van der Waals surface area contributed by atoms with Gasteiger partial charge in [0.25, 0.3) is 0 Å². The third-order valence-corrected chi connectivity index (χ3v) is 2.51. The van der Waals surface area contributed by atoms with Crippen LogP contribution in [0.4, 0.5) is 0 Å². The molecule has 0 bridgehead atoms. The Labute approximate surface area is 100 Å². The van der Waals surface area contributed by atoms with Gasteiger partial charge in [-0.25, -0.2) is 0 Å². The van der Waals surface area contributed by atoms with E-state index >= 15 is 0 Å². The monoisotopic (exact) mass is 245 g/mol. The van der Waals surface area contributed by atoms with Gasteiger partial charge < -0.3 is 14.2 Å². The highest BCUT2D eigenvalue weighted by Gasteiger charge is 2.11. The normalized spacial score (nSPS) is 11.1. The second-order valence-corrected chi connectivity index (χ2v) is 3.65. The molecule has 4 nitrogen and oxygen atoms in total. The highest BCUT2D eigenvalue weighted by Crippen LogP contribution is 2.22. The van der Waals surface area contributed by atoms with E-state index in [9.17, 15) is 0 Å². The van der Waals surface area contributed by atoms with Gasteiger partial charge in [-0.2, -0.15) is 0 Å². The van der Waals surface area contributed by atoms with Gasteiger partial charge in [0.15, 0.2) is 6.29 Å². The van der Waals surface area contributed by atoms with Gasteiger partial charge >= 0.3 is 0 Å². The molecule has 0 N–H and O–H groups in total. The van der Waals surface area contributed by atoms with Gasteiger partial charge in [-0.1, -0.05) is 11.6 Å². The summed E-state index contributed by atoms with van der Waals surface area (Å²) >= 11 is 6.09. The van der Waals surface area contributed by atoms with E-state index in [-0.39, 0.29) is 0 Å². The molecule has 0 spiro atoms. The summed E-state index contributed by atoms with van der Waals surface area (Å²) in [5, 5.41) is 0.605. The predicted molar refractivity (Wildman–Crippen MR) is 61.6 cm³/mol. The summed E-state index contributed by atoms with van der Waals surface area (Å²) in [4.78, 5) is 4.26. The minimum Gasteiger partial charge on any atom is -0.384 e. The molecule has 0 atom stereocenters. The number of halogens is 1. The fraction of sp³-hybridized carbons (Fsp3) is 0.545. The Hall–Kier alpha value is -0.680. The Balaban J connectivity index is 2.81. The molecule has 0 fully saturated rings. The van der Waals surface area contributed by atoms with E-state index < -0.39 is 6.29 Å². The number of pyridine rings is 1. The van der Waals surface area contributed by atoms with Crippen LogP contribution in [-0.2, 0) is 20.6 Å². The first-order chi connectivity index (χ1) is 7.72. The molecule has 0 unspecified atom stereocenters. The molecule has 0 aliphatic carbocycles. The van der Waals surface area contributed by atoms with Crippen molar-refractivity contribution in [3.05, 3.63) is 28.5 Å². The van der Waals surface area contributed by atoms with E-state index in [2.05, 4.69) is 4.98 Å². The summed E-state index contributed by atoms with van der Waals surface area (Å²) in [7, 11) is 4.79. The Bertz CT molecular complexity index is 329. The molecule has 16 heavy (non-hydrogen) atoms. The SMILES string of the molecule is COCCc1ncc(C(OC)OC)cc1Cl. The molecule has 1 heterocycles. The van der Waals surface area contributed by atoms with Crippen molar-refractivity contribution in [3.8, 4) is 0 Å². The van der Waals surface area contributed by atoms with Crippen molar-refractivity contribution >= 4 is 11.6 Å². The Kier molecular flexibility index (Phi) is 5.69. The summed E-state index contributed by atoms with van der Waals surface area (Å²) in [6.45, 7) is 0.601. The Morgan fingerprint density at radius 3 is 2.50 bits per heavy atom. The van der Waals surface area contributed by atoms with E-state index in [0.717, 1.165) is 11.3 Å². The molecule has 5 heteroatoms. The lowest BCUT2D eigenvalue weighted by molar-refractivity contribution is -0.106. The number of hydrogen-bond acceptors (Lipinski definition) is 4. The second-order valence-electron chi connectivity index (χ2n) is 3.24. The van der Waals surface area contributed by atoms with Crippen molar-refractivity contribution in [3.63, 3.8) is 0 Å². The van der Waals surface area contributed by atoms with Crippen LogP contribution in [0.2, 0.25) is 5.02 Å². The number of methoxy groups -OCH3 is 3. The molecule has 0 aliphatic rings. The highest BCUT2D eigenvalue weighted by molar-refractivity contribution is 6.31. The van der Waals surface area contributed by atoms with Crippen LogP contribution >= 0.6 is 11.6 Å². The van der Waals surface area contributed by atoms with E-state index in [0.29, 0.717) is 18.1 Å². The third kappa shape index (κ3) is 3.42. The molecular weight excluding hydrogens is 230 g/mol. The maximum Gasteiger partial charge on any atom is 0.184 e. The number of ether oxygens (including phenoxy) is 3. The van der Waals surface area contributed by atoms with Crippen LogP contribution < -0.4 is 0 Å². The molecule has 90 valence electrons. The number of hydrogen-bond donors (Lipinski definition) is 0. The summed E-state index contributed by atoms with van der Waals surface area (Å²) in [6, 6.07) is 1.80. The molecule has 0 aliphatic heterocycles. The van der Waals surface area contributed by atoms with E-state index in [1.807, 2.05) is 0 Å². The van der Waals surface area contributed by atoms with Gasteiger partial charge in [-0.3, -0.25) is 4.98 Å². The zero-order valence-corrected chi connectivity index (χ0v) is 10.5. The van der Waals surface area contributed by atoms with Crippen LogP contribution in [0.5, 0.6) is 0 Å². The smallest absolute Gasteiger partial charge is 0.184 e. The van der Waals surface area contributed by atoms with Gasteiger partial charge in [-0.05, 0) is 6.07 Å². The van der Waals surface area contributed by atoms with Gasteiger partial charge in [0.2, 0.25) is 0 Å². The van der Waals surface area contributed by atoms with Crippen LogP contribution in [0.3, 0.4) is 0 Å². The predicted octanol–water partition coefficient (Wildman–Crippen LogP) is 2.22. The lowest BCUT2D eigenvalue weighted by Crippen LogP contribution is -2.06. The van der Waals surface area contributed by atoms with Gasteiger partial charge in [0, 0.05) is 39.5 Å². The fourth-order valence-corrected chi connectivity index (χ4v) is 1.63. The van der Waals surface area contributed by atoms with Crippen molar-refractivity contribution in [2.75, 3.05) is 27.9 Å². The summed E-state index contributed by atoms with van der Waals surface area (Å²) in [5.41, 5.74) is 1.62. The molecule has 1 aromatic heterocycles. The molecule has 0 aromatic carbocycles. The van der Waals surface area contributed by atoms with Crippen LogP contribution in [0, 0.1) is 0 Å². The van der Waals surface area contributed by atoms with Gasteiger partial charge in [-0.15, -0.1) is 0 Å². The van der Waals surface area contributed by atoms with Crippen molar-refractivity contribution in [1.29, 1.82) is 0 Å². The van der Waals surface area contributed by atoms with Crippen molar-refractivity contribution in [2.45, 2.75) is 12.7 Å². The lowest BCUT2D eigenvalue weighted by atomic mass is 10.2. The van der Waals surface area contributed by atoms with Crippen LogP contribution in [-0.4, -0.2) is 32.9 Å². The average molecular weight is 246 g/mol. The van der Waals surface area contributed by atoms with Crippen molar-refractivity contribution in [1.82, 2.24) is 4.98 Å². The molecular formula is C11H16ClNO3. The lowest BCUT2D eigenvalue weighted by Gasteiger charge is -2.14. The van der Waals surface area contributed by atoms with E-state index in [1.54, 1.807) is 33.6 Å². The number of aromatic nitrogens is 1. The largest absolute Gasteiger partial charge is 0.384 e.